The third kappa shape index (κ3) is 3.67. The Kier molecular flexibility index (Phi) is 5.52. The molecule has 5 nitrogen and oxygen atoms in total. The fraction of sp³-hybridized carbons (Fsp3) is 0.320. The molecule has 0 spiro atoms. The average Bonchev–Trinajstić information content (AvgIpc) is 3.26. The van der Waals surface area contributed by atoms with E-state index < -0.39 is 5.97 Å². The average molecular weight is 402 g/mol. The summed E-state index contributed by atoms with van der Waals surface area (Å²) in [6.45, 7) is 3.69. The predicted octanol–water partition coefficient (Wildman–Crippen LogP) is 4.77. The van der Waals surface area contributed by atoms with Gasteiger partial charge in [0.05, 0.1) is 12.7 Å². The molecule has 3 aromatic rings. The van der Waals surface area contributed by atoms with Crippen molar-refractivity contribution in [2.45, 2.75) is 32.4 Å². The number of likely N-dealkylation sites (tertiary alicyclic amines) is 1. The third-order valence-electron chi connectivity index (χ3n) is 6.18. The van der Waals surface area contributed by atoms with E-state index in [1.807, 2.05) is 18.3 Å². The first-order valence-electron chi connectivity index (χ1n) is 10.2. The Balaban J connectivity index is 1.71. The summed E-state index contributed by atoms with van der Waals surface area (Å²) in [7, 11) is 1.71. The molecule has 4 rings (SSSR count). The first-order chi connectivity index (χ1) is 14.5. The Labute approximate surface area is 176 Å². The molecule has 1 saturated heterocycles. The fourth-order valence-corrected chi connectivity index (χ4v) is 4.53. The van der Waals surface area contributed by atoms with Crippen molar-refractivity contribution in [1.29, 1.82) is 0 Å². The minimum atomic E-state index is -0.914. The highest BCUT2D eigenvalue weighted by molar-refractivity contribution is 5.88. The Morgan fingerprint density at radius 3 is 2.77 bits per heavy atom. The first-order valence-corrected chi connectivity index (χ1v) is 10.2. The highest BCUT2D eigenvalue weighted by Gasteiger charge is 2.30. The molecular weight excluding hydrogens is 376 g/mol. The van der Waals surface area contributed by atoms with Gasteiger partial charge >= 0.3 is 5.97 Å². The molecule has 30 heavy (non-hydrogen) atoms. The van der Waals surface area contributed by atoms with Crippen LogP contribution in [0.5, 0.6) is 5.75 Å². The Morgan fingerprint density at radius 2 is 2.10 bits per heavy atom. The number of carbonyl (C=O) groups is 1. The maximum Gasteiger partial charge on any atom is 0.335 e. The van der Waals surface area contributed by atoms with E-state index in [1.165, 1.54) is 5.39 Å². The van der Waals surface area contributed by atoms with Gasteiger partial charge in [0.15, 0.2) is 0 Å². The SMILES string of the molecule is C#C[C@@H]1CCN(Cc2c(OC)cc(C)c3[nH]ccc23)[C@H](c2ccc(C(=O)O)cc2)C1. The number of H-pyrrole nitrogens is 1. The number of carboxylic acid groups (broad SMARTS) is 1. The number of aromatic nitrogens is 1. The van der Waals surface area contributed by atoms with Gasteiger partial charge in [0.1, 0.15) is 5.75 Å². The number of rotatable bonds is 5. The van der Waals surface area contributed by atoms with Gasteiger partial charge < -0.3 is 14.8 Å². The lowest BCUT2D eigenvalue weighted by molar-refractivity contribution is 0.0696. The number of benzene rings is 2. The minimum absolute atomic E-state index is 0.127. The van der Waals surface area contributed by atoms with Crippen molar-refractivity contribution >= 4 is 16.9 Å². The molecule has 154 valence electrons. The van der Waals surface area contributed by atoms with Gasteiger partial charge in [0.2, 0.25) is 0 Å². The van der Waals surface area contributed by atoms with E-state index in [9.17, 15) is 9.90 Å². The van der Waals surface area contributed by atoms with Crippen LogP contribution in [-0.4, -0.2) is 34.6 Å². The van der Waals surface area contributed by atoms with Crippen molar-refractivity contribution in [3.05, 3.63) is 64.8 Å². The minimum Gasteiger partial charge on any atom is -0.496 e. The van der Waals surface area contributed by atoms with E-state index in [4.69, 9.17) is 11.2 Å². The predicted molar refractivity (Wildman–Crippen MR) is 118 cm³/mol. The van der Waals surface area contributed by atoms with Crippen LogP contribution in [0.4, 0.5) is 0 Å². The molecule has 1 fully saturated rings. The molecule has 0 bridgehead atoms. The van der Waals surface area contributed by atoms with Crippen LogP contribution in [0.1, 0.15) is 45.9 Å². The molecule has 0 radical (unpaired) electrons. The van der Waals surface area contributed by atoms with Gasteiger partial charge in [-0.1, -0.05) is 12.1 Å². The Hall–Kier alpha value is -3.23. The smallest absolute Gasteiger partial charge is 0.335 e. The number of aromatic carboxylic acids is 1. The van der Waals surface area contributed by atoms with Crippen molar-refractivity contribution in [2.75, 3.05) is 13.7 Å². The Morgan fingerprint density at radius 1 is 1.33 bits per heavy atom. The maximum absolute atomic E-state index is 11.2. The molecule has 0 saturated carbocycles. The highest BCUT2D eigenvalue weighted by atomic mass is 16.5. The molecule has 2 atom stereocenters. The molecule has 5 heteroatoms. The standard InChI is InChI=1S/C25H26N2O3/c1-4-17-10-12-27(22(14-17)18-5-7-19(8-6-18)25(28)29)15-21-20-9-11-26-24(20)16(2)13-23(21)30-3/h1,5-9,11,13,17,22,26H,10,12,14-15H2,2-3H3,(H,28,29)/t17-,22+/m1/s1. The number of aryl methyl sites for hydroxylation is 1. The molecule has 1 aliphatic heterocycles. The summed E-state index contributed by atoms with van der Waals surface area (Å²) in [5.41, 5.74) is 4.83. The molecule has 0 aliphatic carbocycles. The van der Waals surface area contributed by atoms with Crippen molar-refractivity contribution < 1.29 is 14.6 Å². The Bertz CT molecular complexity index is 1110. The summed E-state index contributed by atoms with van der Waals surface area (Å²) in [6, 6.07) is 11.5. The molecule has 2 N–H and O–H groups in total. The zero-order chi connectivity index (χ0) is 21.3. The van der Waals surface area contributed by atoms with Crippen LogP contribution in [0.2, 0.25) is 0 Å². The van der Waals surface area contributed by atoms with E-state index in [2.05, 4.69) is 34.9 Å². The van der Waals surface area contributed by atoms with Gasteiger partial charge in [0.25, 0.3) is 0 Å². The number of hydrogen-bond acceptors (Lipinski definition) is 3. The van der Waals surface area contributed by atoms with Gasteiger partial charge in [-0.2, -0.15) is 0 Å². The second-order valence-electron chi connectivity index (χ2n) is 7.94. The number of piperidine rings is 1. The molecule has 1 aliphatic rings. The van der Waals surface area contributed by atoms with Crippen LogP contribution in [0.3, 0.4) is 0 Å². The summed E-state index contributed by atoms with van der Waals surface area (Å²) in [4.78, 5) is 17.0. The molecule has 1 aromatic heterocycles. The van der Waals surface area contributed by atoms with Gasteiger partial charge in [-0.25, -0.2) is 4.79 Å². The molecule has 2 aromatic carbocycles. The van der Waals surface area contributed by atoms with Crippen LogP contribution in [0.15, 0.2) is 42.6 Å². The first kappa shape index (κ1) is 20.1. The highest BCUT2D eigenvalue weighted by Crippen LogP contribution is 2.38. The number of hydrogen-bond donors (Lipinski definition) is 2. The van der Waals surface area contributed by atoms with E-state index in [0.29, 0.717) is 5.56 Å². The van der Waals surface area contributed by atoms with Crippen molar-refractivity contribution in [3.63, 3.8) is 0 Å². The summed E-state index contributed by atoms with van der Waals surface area (Å²) in [5, 5.41) is 10.4. The van der Waals surface area contributed by atoms with Crippen LogP contribution in [0.25, 0.3) is 10.9 Å². The lowest BCUT2D eigenvalue weighted by Crippen LogP contribution is -2.36. The van der Waals surface area contributed by atoms with E-state index in [1.54, 1.807) is 19.2 Å². The molecule has 0 amide bonds. The quantitative estimate of drug-likeness (QED) is 0.604. The summed E-state index contributed by atoms with van der Waals surface area (Å²) in [5.74, 6) is 3.12. The zero-order valence-electron chi connectivity index (χ0n) is 17.3. The summed E-state index contributed by atoms with van der Waals surface area (Å²) in [6.07, 6.45) is 9.53. The van der Waals surface area contributed by atoms with E-state index in [0.717, 1.165) is 53.9 Å². The number of methoxy groups -OCH3 is 1. The number of ether oxygens (including phenoxy) is 1. The third-order valence-corrected chi connectivity index (χ3v) is 6.18. The molecule has 2 heterocycles. The van der Waals surface area contributed by atoms with E-state index >= 15 is 0 Å². The second-order valence-corrected chi connectivity index (χ2v) is 7.94. The number of nitrogens with zero attached hydrogens (tertiary/aromatic N) is 1. The van der Waals surface area contributed by atoms with Gasteiger partial charge in [0, 0.05) is 47.7 Å². The number of fused-ring (bicyclic) bond motifs is 1. The lowest BCUT2D eigenvalue weighted by atomic mass is 9.86. The van der Waals surface area contributed by atoms with Crippen molar-refractivity contribution in [3.8, 4) is 18.1 Å². The zero-order valence-corrected chi connectivity index (χ0v) is 17.3. The van der Waals surface area contributed by atoms with Crippen LogP contribution >= 0.6 is 0 Å². The van der Waals surface area contributed by atoms with Crippen molar-refractivity contribution in [2.24, 2.45) is 5.92 Å². The van der Waals surface area contributed by atoms with Gasteiger partial charge in [-0.3, -0.25) is 4.90 Å². The van der Waals surface area contributed by atoms with Crippen molar-refractivity contribution in [1.82, 2.24) is 9.88 Å². The second kappa shape index (κ2) is 8.25. The normalized spacial score (nSPS) is 19.5. The number of nitrogens with one attached hydrogen (secondary N) is 1. The van der Waals surface area contributed by atoms with Crippen LogP contribution in [0, 0.1) is 25.2 Å². The topological polar surface area (TPSA) is 65.6 Å². The molecular formula is C25H26N2O3. The number of aromatic amines is 1. The summed E-state index contributed by atoms with van der Waals surface area (Å²) < 4.78 is 5.73. The monoisotopic (exact) mass is 402 g/mol. The van der Waals surface area contributed by atoms with Gasteiger partial charge in [-0.05, 0) is 55.2 Å². The molecule has 0 unspecified atom stereocenters. The number of carboxylic acids is 1. The van der Waals surface area contributed by atoms with Gasteiger partial charge in [-0.15, -0.1) is 12.3 Å². The summed E-state index contributed by atoms with van der Waals surface area (Å²) >= 11 is 0. The van der Waals surface area contributed by atoms with E-state index in [-0.39, 0.29) is 12.0 Å². The van der Waals surface area contributed by atoms with Crippen LogP contribution in [-0.2, 0) is 6.54 Å². The largest absolute Gasteiger partial charge is 0.496 e. The lowest BCUT2D eigenvalue weighted by Gasteiger charge is -2.39. The number of terminal acetylenes is 1. The maximum atomic E-state index is 11.2. The van der Waals surface area contributed by atoms with Crippen LogP contribution < -0.4 is 4.74 Å². The fourth-order valence-electron chi connectivity index (χ4n) is 4.53.